The minimum Gasteiger partial charge on any atom is -0.481 e. The van der Waals surface area contributed by atoms with Gasteiger partial charge in [-0.1, -0.05) is 13.5 Å². The molecule has 0 aliphatic carbocycles. The van der Waals surface area contributed by atoms with Gasteiger partial charge in [0.05, 0.1) is 7.11 Å². The topological polar surface area (TPSA) is 22.1 Å². The standard InChI is InChI=1S/C10H12FNO/c1-4-7(2)8-6-12-10(13-3)5-9(8)11/h5-6H,2,4H2,1,3H3. The lowest BCUT2D eigenvalue weighted by molar-refractivity contribution is 0.394. The molecule has 1 aromatic heterocycles. The van der Waals surface area contributed by atoms with E-state index in [9.17, 15) is 4.39 Å². The Morgan fingerprint density at radius 2 is 2.38 bits per heavy atom. The van der Waals surface area contributed by atoms with Crippen molar-refractivity contribution in [2.45, 2.75) is 13.3 Å². The second-order valence-electron chi connectivity index (χ2n) is 2.66. The van der Waals surface area contributed by atoms with E-state index in [1.807, 2.05) is 6.92 Å². The number of rotatable bonds is 3. The zero-order valence-electron chi connectivity index (χ0n) is 7.80. The monoisotopic (exact) mass is 181 g/mol. The summed E-state index contributed by atoms with van der Waals surface area (Å²) in [6.07, 6.45) is 2.16. The molecule has 0 N–H and O–H groups in total. The van der Waals surface area contributed by atoms with Crippen molar-refractivity contribution in [2.24, 2.45) is 0 Å². The summed E-state index contributed by atoms with van der Waals surface area (Å²) in [7, 11) is 1.45. The van der Waals surface area contributed by atoms with Gasteiger partial charge < -0.3 is 4.74 Å². The average molecular weight is 181 g/mol. The third-order valence-electron chi connectivity index (χ3n) is 1.85. The van der Waals surface area contributed by atoms with E-state index in [0.717, 1.165) is 5.57 Å². The minimum atomic E-state index is -0.335. The first-order valence-electron chi connectivity index (χ1n) is 4.06. The second kappa shape index (κ2) is 4.03. The average Bonchev–Trinajstić information content (AvgIpc) is 2.16. The minimum absolute atomic E-state index is 0.283. The predicted octanol–water partition coefficient (Wildman–Crippen LogP) is 2.65. The van der Waals surface area contributed by atoms with Crippen LogP contribution in [-0.4, -0.2) is 12.1 Å². The molecule has 70 valence electrons. The fourth-order valence-electron chi connectivity index (χ4n) is 0.976. The zero-order chi connectivity index (χ0) is 9.84. The largest absolute Gasteiger partial charge is 0.481 e. The number of pyridine rings is 1. The van der Waals surface area contributed by atoms with Gasteiger partial charge in [-0.25, -0.2) is 9.37 Å². The Bertz CT molecular complexity index is 323. The Kier molecular flexibility index (Phi) is 3.01. The van der Waals surface area contributed by atoms with Crippen molar-refractivity contribution in [1.82, 2.24) is 4.98 Å². The molecule has 0 spiro atoms. The Morgan fingerprint density at radius 3 is 2.85 bits per heavy atom. The molecule has 0 atom stereocenters. The van der Waals surface area contributed by atoms with Crippen LogP contribution in [-0.2, 0) is 0 Å². The summed E-state index contributed by atoms with van der Waals surface area (Å²) < 4.78 is 18.1. The molecule has 0 aliphatic heterocycles. The van der Waals surface area contributed by atoms with Crippen molar-refractivity contribution < 1.29 is 9.13 Å². The molecule has 1 aromatic rings. The summed E-state index contributed by atoms with van der Waals surface area (Å²) in [5, 5.41) is 0. The zero-order valence-corrected chi connectivity index (χ0v) is 7.80. The van der Waals surface area contributed by atoms with Crippen LogP contribution < -0.4 is 4.74 Å². The number of ether oxygens (including phenoxy) is 1. The van der Waals surface area contributed by atoms with E-state index in [4.69, 9.17) is 4.74 Å². The van der Waals surface area contributed by atoms with Gasteiger partial charge in [0.15, 0.2) is 0 Å². The highest BCUT2D eigenvalue weighted by Crippen LogP contribution is 2.20. The molecule has 1 heterocycles. The summed E-state index contributed by atoms with van der Waals surface area (Å²) in [5.41, 5.74) is 1.20. The van der Waals surface area contributed by atoms with E-state index in [1.165, 1.54) is 19.4 Å². The Labute approximate surface area is 77.1 Å². The van der Waals surface area contributed by atoms with Gasteiger partial charge in [0, 0.05) is 17.8 Å². The van der Waals surface area contributed by atoms with Gasteiger partial charge in [0.2, 0.25) is 5.88 Å². The van der Waals surface area contributed by atoms with Crippen molar-refractivity contribution in [3.05, 3.63) is 30.2 Å². The van der Waals surface area contributed by atoms with Gasteiger partial charge in [0.25, 0.3) is 0 Å². The normalized spacial score (nSPS) is 9.77. The van der Waals surface area contributed by atoms with E-state index in [2.05, 4.69) is 11.6 Å². The lowest BCUT2D eigenvalue weighted by Gasteiger charge is -2.05. The number of aromatic nitrogens is 1. The molecule has 0 saturated carbocycles. The third-order valence-corrected chi connectivity index (χ3v) is 1.85. The first-order valence-corrected chi connectivity index (χ1v) is 4.06. The third kappa shape index (κ3) is 2.05. The smallest absolute Gasteiger partial charge is 0.215 e. The number of methoxy groups -OCH3 is 1. The Morgan fingerprint density at radius 1 is 1.69 bits per heavy atom. The van der Waals surface area contributed by atoms with Crippen LogP contribution in [0, 0.1) is 5.82 Å². The molecule has 0 saturated heterocycles. The van der Waals surface area contributed by atoms with Crippen LogP contribution in [0.3, 0.4) is 0 Å². The summed E-state index contributed by atoms with van der Waals surface area (Å²) in [4.78, 5) is 3.90. The van der Waals surface area contributed by atoms with E-state index in [-0.39, 0.29) is 11.7 Å². The number of hydrogen-bond acceptors (Lipinski definition) is 2. The molecule has 0 fully saturated rings. The second-order valence-corrected chi connectivity index (χ2v) is 2.66. The lowest BCUT2D eigenvalue weighted by atomic mass is 10.1. The highest BCUT2D eigenvalue weighted by molar-refractivity contribution is 5.62. The Balaban J connectivity index is 3.05. The van der Waals surface area contributed by atoms with E-state index in [0.29, 0.717) is 12.0 Å². The van der Waals surface area contributed by atoms with Crippen LogP contribution >= 0.6 is 0 Å². The summed E-state index contributed by atoms with van der Waals surface area (Å²) in [6, 6.07) is 1.26. The van der Waals surface area contributed by atoms with Crippen molar-refractivity contribution >= 4 is 5.57 Å². The predicted molar refractivity (Wildman–Crippen MR) is 50.1 cm³/mol. The van der Waals surface area contributed by atoms with Crippen LogP contribution in [0.15, 0.2) is 18.8 Å². The molecule has 0 radical (unpaired) electrons. The number of nitrogens with zero attached hydrogens (tertiary/aromatic N) is 1. The van der Waals surface area contributed by atoms with Gasteiger partial charge >= 0.3 is 0 Å². The van der Waals surface area contributed by atoms with Crippen molar-refractivity contribution in [1.29, 1.82) is 0 Å². The van der Waals surface area contributed by atoms with Crippen LogP contribution in [0.5, 0.6) is 5.88 Å². The summed E-state index contributed by atoms with van der Waals surface area (Å²) in [5.74, 6) is -0.0520. The quantitative estimate of drug-likeness (QED) is 0.715. The van der Waals surface area contributed by atoms with Crippen molar-refractivity contribution in [2.75, 3.05) is 7.11 Å². The molecule has 0 aliphatic rings. The fourth-order valence-corrected chi connectivity index (χ4v) is 0.976. The van der Waals surface area contributed by atoms with Crippen molar-refractivity contribution in [3.8, 4) is 5.88 Å². The Hall–Kier alpha value is -1.38. The van der Waals surface area contributed by atoms with Gasteiger partial charge in [0.1, 0.15) is 5.82 Å². The molecule has 0 unspecified atom stereocenters. The maximum atomic E-state index is 13.3. The highest BCUT2D eigenvalue weighted by Gasteiger charge is 2.06. The van der Waals surface area contributed by atoms with Gasteiger partial charge in [-0.15, -0.1) is 0 Å². The summed E-state index contributed by atoms with van der Waals surface area (Å²) in [6.45, 7) is 5.66. The molecule has 0 amide bonds. The molecule has 0 aromatic carbocycles. The van der Waals surface area contributed by atoms with Gasteiger partial charge in [-0.3, -0.25) is 0 Å². The molecular formula is C10H12FNO. The summed E-state index contributed by atoms with van der Waals surface area (Å²) >= 11 is 0. The lowest BCUT2D eigenvalue weighted by Crippen LogP contribution is -1.93. The first-order chi connectivity index (χ1) is 6.19. The van der Waals surface area contributed by atoms with Crippen LogP contribution in [0.2, 0.25) is 0 Å². The van der Waals surface area contributed by atoms with Crippen LogP contribution in [0.1, 0.15) is 18.9 Å². The molecule has 2 nitrogen and oxygen atoms in total. The van der Waals surface area contributed by atoms with Crippen LogP contribution in [0.25, 0.3) is 5.57 Å². The molecule has 0 bridgehead atoms. The van der Waals surface area contributed by atoms with Crippen molar-refractivity contribution in [3.63, 3.8) is 0 Å². The SMILES string of the molecule is C=C(CC)c1cnc(OC)cc1F. The molecule has 3 heteroatoms. The number of halogens is 1. The number of hydrogen-bond donors (Lipinski definition) is 0. The fraction of sp³-hybridized carbons (Fsp3) is 0.300. The van der Waals surface area contributed by atoms with Gasteiger partial charge in [-0.05, 0) is 12.0 Å². The van der Waals surface area contributed by atoms with Crippen LogP contribution in [0.4, 0.5) is 4.39 Å². The highest BCUT2D eigenvalue weighted by atomic mass is 19.1. The van der Waals surface area contributed by atoms with Gasteiger partial charge in [-0.2, -0.15) is 0 Å². The van der Waals surface area contributed by atoms with E-state index < -0.39 is 0 Å². The maximum absolute atomic E-state index is 13.3. The van der Waals surface area contributed by atoms with E-state index in [1.54, 1.807) is 0 Å². The molecule has 1 rings (SSSR count). The first kappa shape index (κ1) is 9.71. The van der Waals surface area contributed by atoms with E-state index >= 15 is 0 Å². The molecular weight excluding hydrogens is 169 g/mol. The maximum Gasteiger partial charge on any atom is 0.215 e. The molecule has 13 heavy (non-hydrogen) atoms. The number of allylic oxidation sites excluding steroid dienone is 1.